The van der Waals surface area contributed by atoms with E-state index < -0.39 is 0 Å². The molecule has 0 aromatic heterocycles. The quantitative estimate of drug-likeness (QED) is 0.662. The third-order valence-corrected chi connectivity index (χ3v) is 9.00. The number of hydrogen-bond acceptors (Lipinski definition) is 4. The van der Waals surface area contributed by atoms with Crippen molar-refractivity contribution in [3.63, 3.8) is 0 Å². The second-order valence-electron chi connectivity index (χ2n) is 10.9. The van der Waals surface area contributed by atoms with Gasteiger partial charge in [0, 0.05) is 44.4 Å². The van der Waals surface area contributed by atoms with E-state index in [9.17, 15) is 9.59 Å². The number of likely N-dealkylation sites (tertiary alicyclic amines) is 1. The maximum absolute atomic E-state index is 12.8. The van der Waals surface area contributed by atoms with Gasteiger partial charge in [0.1, 0.15) is 5.60 Å². The van der Waals surface area contributed by atoms with Gasteiger partial charge >= 0.3 is 6.09 Å². The van der Waals surface area contributed by atoms with E-state index in [1.165, 1.54) is 51.4 Å². The zero-order chi connectivity index (χ0) is 20.8. The van der Waals surface area contributed by atoms with Gasteiger partial charge in [-0.05, 0) is 57.5 Å². The van der Waals surface area contributed by atoms with Crippen molar-refractivity contribution in [2.75, 3.05) is 39.8 Å². The molecule has 1 unspecified atom stereocenters. The van der Waals surface area contributed by atoms with Gasteiger partial charge in [-0.2, -0.15) is 0 Å². The fraction of sp³-hybridized carbons (Fsp3) is 0.917. The van der Waals surface area contributed by atoms with Crippen LogP contribution >= 0.6 is 0 Å². The molecule has 2 spiro atoms. The Kier molecular flexibility index (Phi) is 5.49. The first-order valence-electron chi connectivity index (χ1n) is 12.5. The second kappa shape index (κ2) is 7.99. The maximum atomic E-state index is 12.8. The Morgan fingerprint density at radius 3 is 2.47 bits per heavy atom. The van der Waals surface area contributed by atoms with Gasteiger partial charge in [-0.3, -0.25) is 4.79 Å². The number of piperidine rings is 1. The van der Waals surface area contributed by atoms with Gasteiger partial charge in [-0.15, -0.1) is 0 Å². The van der Waals surface area contributed by atoms with Gasteiger partial charge in [0.15, 0.2) is 0 Å². The summed E-state index contributed by atoms with van der Waals surface area (Å²) in [5.41, 5.74) is 0.0362. The Balaban J connectivity index is 1.06. The Hall–Kier alpha value is -1.30. The Bertz CT molecular complexity index is 663. The van der Waals surface area contributed by atoms with Gasteiger partial charge in [-0.1, -0.05) is 25.7 Å². The van der Waals surface area contributed by atoms with Crippen molar-refractivity contribution in [1.29, 1.82) is 0 Å². The minimum Gasteiger partial charge on any atom is -0.441 e. The normalized spacial score (nSPS) is 30.1. The standard InChI is InChI=1S/C24H39N3O3/c1-25(19-7-3-2-4-8-19)13-6-14-27-18-24(30-22(27)29)11-15-26(16-12-24)21(28)20-17-23(20)9-5-10-23/h19-20H,2-18H2,1H3. The number of amides is 2. The topological polar surface area (TPSA) is 53.1 Å². The fourth-order valence-corrected chi connectivity index (χ4v) is 6.58. The molecule has 1 atom stereocenters. The molecule has 5 aliphatic rings. The van der Waals surface area contributed by atoms with Gasteiger partial charge in [0.25, 0.3) is 0 Å². The van der Waals surface area contributed by atoms with Crippen LogP contribution in [0.5, 0.6) is 0 Å². The lowest BCUT2D eigenvalue weighted by molar-refractivity contribution is -0.137. The van der Waals surface area contributed by atoms with Crippen molar-refractivity contribution in [3.8, 4) is 0 Å². The third kappa shape index (κ3) is 3.85. The van der Waals surface area contributed by atoms with Crippen LogP contribution in [0.3, 0.4) is 0 Å². The van der Waals surface area contributed by atoms with E-state index in [2.05, 4.69) is 16.8 Å². The van der Waals surface area contributed by atoms with Crippen LogP contribution in [0.2, 0.25) is 0 Å². The van der Waals surface area contributed by atoms with Gasteiger partial charge in [0.05, 0.1) is 6.54 Å². The predicted molar refractivity (Wildman–Crippen MR) is 115 cm³/mol. The van der Waals surface area contributed by atoms with Crippen LogP contribution in [-0.4, -0.2) is 78.1 Å². The molecule has 3 saturated carbocycles. The smallest absolute Gasteiger partial charge is 0.410 e. The highest BCUT2D eigenvalue weighted by molar-refractivity contribution is 5.83. The van der Waals surface area contributed by atoms with E-state index in [1.54, 1.807) is 0 Å². The molecule has 168 valence electrons. The molecule has 2 saturated heterocycles. The van der Waals surface area contributed by atoms with Crippen LogP contribution in [0, 0.1) is 11.3 Å². The minimum atomic E-state index is -0.360. The number of hydrogen-bond donors (Lipinski definition) is 0. The summed E-state index contributed by atoms with van der Waals surface area (Å²) in [6, 6.07) is 0.725. The third-order valence-electron chi connectivity index (χ3n) is 9.00. The number of nitrogens with zero attached hydrogens (tertiary/aromatic N) is 3. The monoisotopic (exact) mass is 417 g/mol. The number of ether oxygens (including phenoxy) is 1. The Morgan fingerprint density at radius 2 is 1.83 bits per heavy atom. The molecule has 2 amide bonds. The molecule has 6 heteroatoms. The highest BCUT2D eigenvalue weighted by Gasteiger charge is 2.62. The van der Waals surface area contributed by atoms with Crippen molar-refractivity contribution in [2.24, 2.45) is 11.3 Å². The van der Waals surface area contributed by atoms with Gasteiger partial charge in [-0.25, -0.2) is 4.79 Å². The van der Waals surface area contributed by atoms with Crippen molar-refractivity contribution in [1.82, 2.24) is 14.7 Å². The molecule has 0 radical (unpaired) electrons. The largest absolute Gasteiger partial charge is 0.441 e. The Morgan fingerprint density at radius 1 is 1.10 bits per heavy atom. The second-order valence-corrected chi connectivity index (χ2v) is 10.9. The maximum Gasteiger partial charge on any atom is 0.410 e. The van der Waals surface area contributed by atoms with E-state index in [4.69, 9.17) is 4.74 Å². The van der Waals surface area contributed by atoms with E-state index in [1.807, 2.05) is 4.90 Å². The molecule has 3 aliphatic carbocycles. The van der Waals surface area contributed by atoms with Crippen LogP contribution in [0.1, 0.15) is 77.0 Å². The molecule has 6 nitrogen and oxygen atoms in total. The first-order valence-corrected chi connectivity index (χ1v) is 12.5. The molecular formula is C24H39N3O3. The van der Waals surface area contributed by atoms with E-state index in [0.29, 0.717) is 23.8 Å². The number of carbonyl (C=O) groups is 2. The lowest BCUT2D eigenvalue weighted by Crippen LogP contribution is -2.49. The summed E-state index contributed by atoms with van der Waals surface area (Å²) in [7, 11) is 2.24. The first-order chi connectivity index (χ1) is 14.5. The van der Waals surface area contributed by atoms with Crippen LogP contribution < -0.4 is 0 Å². The summed E-state index contributed by atoms with van der Waals surface area (Å²) < 4.78 is 5.89. The first kappa shape index (κ1) is 20.6. The lowest BCUT2D eigenvalue weighted by atomic mass is 9.79. The number of carbonyl (C=O) groups excluding carboxylic acids is 2. The van der Waals surface area contributed by atoms with E-state index in [-0.39, 0.29) is 11.7 Å². The molecule has 5 fully saturated rings. The van der Waals surface area contributed by atoms with Crippen LogP contribution in [-0.2, 0) is 9.53 Å². The molecule has 30 heavy (non-hydrogen) atoms. The average molecular weight is 418 g/mol. The summed E-state index contributed by atoms with van der Waals surface area (Å²) >= 11 is 0. The summed E-state index contributed by atoms with van der Waals surface area (Å²) in [6.45, 7) is 4.03. The van der Waals surface area contributed by atoms with Crippen molar-refractivity contribution < 1.29 is 14.3 Å². The van der Waals surface area contributed by atoms with Crippen LogP contribution in [0.4, 0.5) is 4.79 Å². The SMILES string of the molecule is CN(CCCN1CC2(CCN(C(=O)C3CC34CCC4)CC2)OC1=O)C1CCCCC1. The minimum absolute atomic E-state index is 0.147. The zero-order valence-corrected chi connectivity index (χ0v) is 18.7. The molecule has 0 aromatic carbocycles. The predicted octanol–water partition coefficient (Wildman–Crippen LogP) is 3.64. The molecular weight excluding hydrogens is 378 g/mol. The van der Waals surface area contributed by atoms with Crippen LogP contribution in [0.25, 0.3) is 0 Å². The van der Waals surface area contributed by atoms with Gasteiger partial charge in [0.2, 0.25) is 5.91 Å². The summed E-state index contributed by atoms with van der Waals surface area (Å²) in [5, 5.41) is 0. The molecule has 2 heterocycles. The fourth-order valence-electron chi connectivity index (χ4n) is 6.58. The molecule has 0 N–H and O–H groups in total. The van der Waals surface area contributed by atoms with Crippen molar-refractivity contribution in [3.05, 3.63) is 0 Å². The van der Waals surface area contributed by atoms with Crippen molar-refractivity contribution in [2.45, 2.75) is 88.7 Å². The van der Waals surface area contributed by atoms with E-state index >= 15 is 0 Å². The summed E-state index contributed by atoms with van der Waals surface area (Å²) in [5.74, 6) is 0.667. The van der Waals surface area contributed by atoms with Crippen LogP contribution in [0.15, 0.2) is 0 Å². The molecule has 2 aliphatic heterocycles. The van der Waals surface area contributed by atoms with Gasteiger partial charge < -0.3 is 19.4 Å². The van der Waals surface area contributed by atoms with E-state index in [0.717, 1.165) is 57.9 Å². The molecule has 5 rings (SSSR count). The zero-order valence-electron chi connectivity index (χ0n) is 18.7. The number of rotatable bonds is 6. The summed E-state index contributed by atoms with van der Waals surface area (Å²) in [4.78, 5) is 31.8. The summed E-state index contributed by atoms with van der Waals surface area (Å²) in [6.07, 6.45) is 14.1. The highest BCUT2D eigenvalue weighted by atomic mass is 16.6. The molecule has 0 aromatic rings. The Labute approximate surface area is 181 Å². The lowest BCUT2D eigenvalue weighted by Gasteiger charge is -2.38. The average Bonchev–Trinajstić information content (AvgIpc) is 3.44. The van der Waals surface area contributed by atoms with Crippen molar-refractivity contribution >= 4 is 12.0 Å². The highest BCUT2D eigenvalue weighted by Crippen LogP contribution is 2.66. The molecule has 0 bridgehead atoms.